The SMILES string of the molecule is CONC(C)=C(C)N=O.CONC(C)=C(C)N=O.N#C[S-].N#C[S-].[Rh+2]. The van der Waals surface area contributed by atoms with Gasteiger partial charge in [0.2, 0.25) is 0 Å². The zero-order valence-electron chi connectivity index (χ0n) is 14.6. The second-order valence-corrected chi connectivity index (χ2v) is 3.76. The van der Waals surface area contributed by atoms with Crippen LogP contribution < -0.4 is 11.0 Å². The molecular formula is C12H20N6O4RhS2. The molecule has 0 saturated carbocycles. The van der Waals surface area contributed by atoms with Crippen LogP contribution in [-0.2, 0) is 54.4 Å². The molecule has 143 valence electrons. The Kier molecular flexibility index (Phi) is 41.7. The Hall–Kier alpha value is -1.76. The first-order chi connectivity index (χ1) is 11.3. The molecule has 0 aliphatic heterocycles. The predicted molar refractivity (Wildman–Crippen MR) is 94.6 cm³/mol. The summed E-state index contributed by atoms with van der Waals surface area (Å²) in [6.45, 7) is 6.63. The molecule has 0 aromatic carbocycles. The molecule has 0 aromatic rings. The molecule has 0 atom stereocenters. The Morgan fingerprint density at radius 2 is 1.04 bits per heavy atom. The van der Waals surface area contributed by atoms with Crippen LogP contribution in [0.2, 0.25) is 0 Å². The van der Waals surface area contributed by atoms with Crippen molar-refractivity contribution in [1.29, 1.82) is 10.5 Å². The van der Waals surface area contributed by atoms with Crippen LogP contribution in [0.3, 0.4) is 0 Å². The zero-order chi connectivity index (χ0) is 20.0. The standard InChI is InChI=1S/2C5H10N2O2.2CHNS.Rh/c2*1-4(6-8)5(2)7-9-3;2*2-1-3;/h2*7H,1-3H3;2*3H;/q;;;;+2/p-2. The van der Waals surface area contributed by atoms with Crippen LogP contribution in [0.15, 0.2) is 33.1 Å². The fourth-order valence-electron chi connectivity index (χ4n) is 0.591. The predicted octanol–water partition coefficient (Wildman–Crippen LogP) is 2.34. The number of allylic oxidation sites excluding steroid dienone is 4. The Balaban J connectivity index is -0.0000000788. The number of hydroxylamine groups is 2. The molecule has 2 N–H and O–H groups in total. The van der Waals surface area contributed by atoms with Gasteiger partial charge in [-0.25, -0.2) is 10.5 Å². The van der Waals surface area contributed by atoms with Gasteiger partial charge in [-0.1, -0.05) is 10.8 Å². The number of hydrogen-bond donors (Lipinski definition) is 2. The van der Waals surface area contributed by atoms with E-state index in [-0.39, 0.29) is 19.5 Å². The first-order valence-corrected chi connectivity index (χ1v) is 6.71. The molecule has 0 heterocycles. The second kappa shape index (κ2) is 30.2. The van der Waals surface area contributed by atoms with Crippen LogP contribution in [0.4, 0.5) is 0 Å². The molecule has 0 saturated heterocycles. The van der Waals surface area contributed by atoms with Crippen LogP contribution in [-0.4, -0.2) is 14.2 Å². The monoisotopic (exact) mass is 479 g/mol. The Labute approximate surface area is 171 Å². The van der Waals surface area contributed by atoms with Gasteiger partial charge < -0.3 is 25.3 Å². The van der Waals surface area contributed by atoms with E-state index in [4.69, 9.17) is 10.5 Å². The summed E-state index contributed by atoms with van der Waals surface area (Å²) in [6, 6.07) is 0. The van der Waals surface area contributed by atoms with Gasteiger partial charge in [-0.2, -0.15) is 0 Å². The van der Waals surface area contributed by atoms with Gasteiger partial charge in [0.1, 0.15) is 11.4 Å². The molecule has 0 fully saturated rings. The topological polar surface area (TPSA) is 149 Å². The number of nitriles is 2. The third-order valence-electron chi connectivity index (χ3n) is 1.87. The summed E-state index contributed by atoms with van der Waals surface area (Å²) in [6.07, 6.45) is 0. The van der Waals surface area contributed by atoms with E-state index in [1.165, 1.54) is 25.0 Å². The molecule has 10 nitrogen and oxygen atoms in total. The van der Waals surface area contributed by atoms with Crippen molar-refractivity contribution in [2.75, 3.05) is 14.2 Å². The van der Waals surface area contributed by atoms with E-state index in [9.17, 15) is 9.81 Å². The van der Waals surface area contributed by atoms with Crippen molar-refractivity contribution in [2.45, 2.75) is 27.7 Å². The van der Waals surface area contributed by atoms with Crippen molar-refractivity contribution >= 4 is 25.3 Å². The van der Waals surface area contributed by atoms with E-state index in [2.05, 4.69) is 56.2 Å². The van der Waals surface area contributed by atoms with Crippen molar-refractivity contribution in [3.05, 3.63) is 32.6 Å². The van der Waals surface area contributed by atoms with Gasteiger partial charge >= 0.3 is 19.5 Å². The fraction of sp³-hybridized carbons (Fsp3) is 0.500. The number of nitroso groups, excluding NO2 is 2. The van der Waals surface area contributed by atoms with Crippen LogP contribution >= 0.6 is 0 Å². The fourth-order valence-corrected chi connectivity index (χ4v) is 0.591. The van der Waals surface area contributed by atoms with Crippen molar-refractivity contribution in [1.82, 2.24) is 11.0 Å². The molecule has 0 aliphatic carbocycles. The van der Waals surface area contributed by atoms with Crippen LogP contribution in [0.1, 0.15) is 27.7 Å². The minimum atomic E-state index is 0. The summed E-state index contributed by atoms with van der Waals surface area (Å²) in [4.78, 5) is 28.7. The number of rotatable bonds is 6. The number of thiocyanates is 2. The van der Waals surface area contributed by atoms with Crippen LogP contribution in [0, 0.1) is 31.1 Å². The maximum atomic E-state index is 9.82. The number of nitrogens with zero attached hydrogens (tertiary/aromatic N) is 4. The van der Waals surface area contributed by atoms with Gasteiger partial charge in [-0.3, -0.25) is 20.6 Å². The van der Waals surface area contributed by atoms with Crippen molar-refractivity contribution in [3.8, 4) is 10.8 Å². The molecule has 0 bridgehead atoms. The average molecular weight is 479 g/mol. The zero-order valence-corrected chi connectivity index (χ0v) is 17.8. The molecule has 25 heavy (non-hydrogen) atoms. The molecular weight excluding hydrogens is 459 g/mol. The van der Waals surface area contributed by atoms with E-state index in [0.717, 1.165) is 0 Å². The molecule has 0 unspecified atom stereocenters. The quantitative estimate of drug-likeness (QED) is 0.191. The Morgan fingerprint density at radius 1 is 0.840 bits per heavy atom. The van der Waals surface area contributed by atoms with E-state index in [1.54, 1.807) is 27.7 Å². The Morgan fingerprint density at radius 3 is 1.16 bits per heavy atom. The smallest absolute Gasteiger partial charge is 0.696 e. The van der Waals surface area contributed by atoms with E-state index >= 15 is 0 Å². The van der Waals surface area contributed by atoms with Crippen LogP contribution in [0.5, 0.6) is 0 Å². The first kappa shape index (κ1) is 34.6. The van der Waals surface area contributed by atoms with Gasteiger partial charge in [0.05, 0.1) is 25.6 Å². The summed E-state index contributed by atoms with van der Waals surface area (Å²) < 4.78 is 0. The second-order valence-electron chi connectivity index (χ2n) is 3.40. The third kappa shape index (κ3) is 34.5. The minimum Gasteiger partial charge on any atom is -0.696 e. The number of nitrogens with one attached hydrogen (secondary N) is 2. The van der Waals surface area contributed by atoms with E-state index in [1.807, 2.05) is 0 Å². The molecule has 0 spiro atoms. The maximum Gasteiger partial charge on any atom is 2.00 e. The summed E-state index contributed by atoms with van der Waals surface area (Å²) in [5.74, 6) is 0. The van der Waals surface area contributed by atoms with Crippen molar-refractivity contribution < 1.29 is 29.2 Å². The van der Waals surface area contributed by atoms with E-state index in [0.29, 0.717) is 22.8 Å². The summed E-state index contributed by atoms with van der Waals surface area (Å²) in [7, 11) is 2.95. The van der Waals surface area contributed by atoms with Gasteiger partial charge in [0.25, 0.3) is 0 Å². The van der Waals surface area contributed by atoms with Gasteiger partial charge in [-0.15, -0.1) is 9.81 Å². The molecule has 0 aliphatic rings. The van der Waals surface area contributed by atoms with Gasteiger partial charge in [0, 0.05) is 0 Å². The summed E-state index contributed by atoms with van der Waals surface area (Å²) in [5, 5.41) is 22.3. The van der Waals surface area contributed by atoms with Crippen molar-refractivity contribution in [2.24, 2.45) is 10.4 Å². The summed E-state index contributed by atoms with van der Waals surface area (Å²) in [5.41, 5.74) is 7.03. The van der Waals surface area contributed by atoms with Crippen LogP contribution in [0.25, 0.3) is 0 Å². The maximum absolute atomic E-state index is 9.82. The van der Waals surface area contributed by atoms with Gasteiger partial charge in [-0.05, 0) is 38.0 Å². The third-order valence-corrected chi connectivity index (χ3v) is 1.87. The molecule has 13 heteroatoms. The molecule has 0 amide bonds. The normalized spacial score (nSPS) is 9.44. The number of hydrogen-bond acceptors (Lipinski definition) is 12. The molecule has 1 radical (unpaired) electrons. The molecule has 0 aromatic heterocycles. The van der Waals surface area contributed by atoms with Gasteiger partial charge in [0.15, 0.2) is 0 Å². The Bertz CT molecular complexity index is 445. The first-order valence-electron chi connectivity index (χ1n) is 5.89. The average Bonchev–Trinajstić information content (AvgIpc) is 2.55. The largest absolute Gasteiger partial charge is 2.00 e. The van der Waals surface area contributed by atoms with E-state index < -0.39 is 0 Å². The minimum absolute atomic E-state index is 0. The summed E-state index contributed by atoms with van der Waals surface area (Å²) >= 11 is 7.40. The van der Waals surface area contributed by atoms with Crippen molar-refractivity contribution in [3.63, 3.8) is 0 Å². The molecule has 0 rings (SSSR count).